The topological polar surface area (TPSA) is 38.1 Å². The Kier molecular flexibility index (Phi) is 3.39. The molecule has 2 heterocycles. The summed E-state index contributed by atoms with van der Waals surface area (Å²) in [5, 5.41) is 4.16. The van der Waals surface area contributed by atoms with E-state index in [2.05, 4.69) is 16.9 Å². The molecule has 1 aliphatic rings. The molecule has 1 fully saturated rings. The first kappa shape index (κ1) is 11.3. The standard InChI is InChI=1S/C12H19N3O/c1-3-11-9-15(5-4-12(11)16)8-10-6-13-14(2)7-10/h6-7,11H,3-5,8-9H2,1-2H3. The predicted octanol–water partition coefficient (Wildman–Crippen LogP) is 1.22. The van der Waals surface area contributed by atoms with Crippen molar-refractivity contribution in [2.45, 2.75) is 26.3 Å². The first-order valence-corrected chi connectivity index (χ1v) is 5.91. The Hall–Kier alpha value is -1.16. The summed E-state index contributed by atoms with van der Waals surface area (Å²) in [5.74, 6) is 0.676. The Balaban J connectivity index is 1.93. The van der Waals surface area contributed by atoms with Crippen LogP contribution in [0.3, 0.4) is 0 Å². The van der Waals surface area contributed by atoms with E-state index < -0.39 is 0 Å². The maximum atomic E-state index is 11.6. The molecule has 0 amide bonds. The van der Waals surface area contributed by atoms with Gasteiger partial charge in [0.25, 0.3) is 0 Å². The number of aryl methyl sites for hydroxylation is 1. The van der Waals surface area contributed by atoms with Crippen LogP contribution in [-0.2, 0) is 18.4 Å². The van der Waals surface area contributed by atoms with Crippen LogP contribution in [0.2, 0.25) is 0 Å². The van der Waals surface area contributed by atoms with Gasteiger partial charge in [-0.15, -0.1) is 0 Å². The molecular weight excluding hydrogens is 202 g/mol. The van der Waals surface area contributed by atoms with E-state index in [-0.39, 0.29) is 5.92 Å². The average Bonchev–Trinajstić information content (AvgIpc) is 2.67. The maximum Gasteiger partial charge on any atom is 0.138 e. The van der Waals surface area contributed by atoms with Crippen LogP contribution in [-0.4, -0.2) is 33.6 Å². The molecule has 0 aromatic carbocycles. The normalized spacial score (nSPS) is 22.6. The molecule has 1 atom stereocenters. The fraction of sp³-hybridized carbons (Fsp3) is 0.667. The molecule has 1 aliphatic heterocycles. The minimum atomic E-state index is 0.241. The first-order valence-electron chi connectivity index (χ1n) is 5.91. The molecule has 1 saturated heterocycles. The highest BCUT2D eigenvalue weighted by molar-refractivity contribution is 5.82. The van der Waals surface area contributed by atoms with E-state index in [4.69, 9.17) is 0 Å². The summed E-state index contributed by atoms with van der Waals surface area (Å²) in [5.41, 5.74) is 1.23. The predicted molar refractivity (Wildman–Crippen MR) is 61.9 cm³/mol. The first-order chi connectivity index (χ1) is 7.69. The number of hydrogen-bond donors (Lipinski definition) is 0. The zero-order valence-corrected chi connectivity index (χ0v) is 10.0. The number of rotatable bonds is 3. The molecule has 4 heteroatoms. The molecule has 0 radical (unpaired) electrons. The number of Topliss-reactive ketones (excluding diaryl/α,β-unsaturated/α-hetero) is 1. The van der Waals surface area contributed by atoms with Crippen molar-refractivity contribution in [3.05, 3.63) is 18.0 Å². The molecule has 1 aromatic rings. The van der Waals surface area contributed by atoms with Crippen molar-refractivity contribution in [1.29, 1.82) is 0 Å². The van der Waals surface area contributed by atoms with Gasteiger partial charge in [-0.1, -0.05) is 6.92 Å². The molecular formula is C12H19N3O. The molecule has 16 heavy (non-hydrogen) atoms. The third-order valence-electron chi connectivity index (χ3n) is 3.27. The SMILES string of the molecule is CCC1CN(Cc2cnn(C)c2)CCC1=O. The van der Waals surface area contributed by atoms with Gasteiger partial charge in [-0.25, -0.2) is 0 Å². The molecule has 88 valence electrons. The molecule has 0 aliphatic carbocycles. The second kappa shape index (κ2) is 4.78. The van der Waals surface area contributed by atoms with E-state index >= 15 is 0 Å². The highest BCUT2D eigenvalue weighted by atomic mass is 16.1. The van der Waals surface area contributed by atoms with Crippen LogP contribution >= 0.6 is 0 Å². The van der Waals surface area contributed by atoms with Crippen molar-refractivity contribution in [3.63, 3.8) is 0 Å². The lowest BCUT2D eigenvalue weighted by Gasteiger charge is -2.30. The van der Waals surface area contributed by atoms with Crippen LogP contribution in [0.15, 0.2) is 12.4 Å². The number of carbonyl (C=O) groups is 1. The van der Waals surface area contributed by atoms with Crippen molar-refractivity contribution in [2.24, 2.45) is 13.0 Å². The zero-order chi connectivity index (χ0) is 11.5. The highest BCUT2D eigenvalue weighted by Crippen LogP contribution is 2.17. The second-order valence-corrected chi connectivity index (χ2v) is 4.58. The quantitative estimate of drug-likeness (QED) is 0.770. The van der Waals surface area contributed by atoms with Crippen LogP contribution in [0.1, 0.15) is 25.3 Å². The summed E-state index contributed by atoms with van der Waals surface area (Å²) >= 11 is 0. The molecule has 4 nitrogen and oxygen atoms in total. The average molecular weight is 221 g/mol. The summed E-state index contributed by atoms with van der Waals surface area (Å²) in [6, 6.07) is 0. The maximum absolute atomic E-state index is 11.6. The van der Waals surface area contributed by atoms with Gasteiger partial charge < -0.3 is 0 Å². The van der Waals surface area contributed by atoms with E-state index in [1.54, 1.807) is 0 Å². The number of piperidine rings is 1. The minimum Gasteiger partial charge on any atom is -0.299 e. The minimum absolute atomic E-state index is 0.241. The van der Waals surface area contributed by atoms with Crippen molar-refractivity contribution in [3.8, 4) is 0 Å². The number of hydrogen-bond acceptors (Lipinski definition) is 3. The Morgan fingerprint density at radius 3 is 3.00 bits per heavy atom. The van der Waals surface area contributed by atoms with Crippen molar-refractivity contribution in [1.82, 2.24) is 14.7 Å². The second-order valence-electron chi connectivity index (χ2n) is 4.58. The Bertz CT molecular complexity index is 372. The third kappa shape index (κ3) is 2.50. The summed E-state index contributed by atoms with van der Waals surface area (Å²) < 4.78 is 1.82. The number of ketones is 1. The fourth-order valence-corrected chi connectivity index (χ4v) is 2.29. The molecule has 0 N–H and O–H groups in total. The largest absolute Gasteiger partial charge is 0.299 e. The van der Waals surface area contributed by atoms with Gasteiger partial charge in [-0.3, -0.25) is 14.4 Å². The van der Waals surface area contributed by atoms with E-state index in [9.17, 15) is 4.79 Å². The summed E-state index contributed by atoms with van der Waals surface area (Å²) in [7, 11) is 1.93. The van der Waals surface area contributed by atoms with Gasteiger partial charge in [0.2, 0.25) is 0 Å². The van der Waals surface area contributed by atoms with Crippen molar-refractivity contribution >= 4 is 5.78 Å². The van der Waals surface area contributed by atoms with Gasteiger partial charge in [0.05, 0.1) is 6.20 Å². The van der Waals surface area contributed by atoms with Crippen LogP contribution in [0.5, 0.6) is 0 Å². The van der Waals surface area contributed by atoms with Crippen molar-refractivity contribution in [2.75, 3.05) is 13.1 Å². The van der Waals surface area contributed by atoms with Crippen LogP contribution in [0.4, 0.5) is 0 Å². The number of nitrogens with zero attached hydrogens (tertiary/aromatic N) is 3. The molecule has 1 unspecified atom stereocenters. The van der Waals surface area contributed by atoms with E-state index in [0.717, 1.165) is 26.1 Å². The molecule has 2 rings (SSSR count). The molecule has 1 aromatic heterocycles. The molecule has 0 spiro atoms. The number of carbonyl (C=O) groups excluding carboxylic acids is 1. The third-order valence-corrected chi connectivity index (χ3v) is 3.27. The summed E-state index contributed by atoms with van der Waals surface area (Å²) in [4.78, 5) is 13.9. The van der Waals surface area contributed by atoms with E-state index in [0.29, 0.717) is 12.2 Å². The van der Waals surface area contributed by atoms with Crippen LogP contribution in [0, 0.1) is 5.92 Å². The smallest absolute Gasteiger partial charge is 0.138 e. The number of aromatic nitrogens is 2. The van der Waals surface area contributed by atoms with Gasteiger partial charge in [0.15, 0.2) is 0 Å². The summed E-state index contributed by atoms with van der Waals surface area (Å²) in [6.45, 7) is 4.81. The zero-order valence-electron chi connectivity index (χ0n) is 10.0. The van der Waals surface area contributed by atoms with E-state index in [1.165, 1.54) is 5.56 Å². The lowest BCUT2D eigenvalue weighted by atomic mass is 9.94. The monoisotopic (exact) mass is 221 g/mol. The Morgan fingerprint density at radius 2 is 2.38 bits per heavy atom. The van der Waals surface area contributed by atoms with Gasteiger partial charge in [0, 0.05) is 50.8 Å². The number of likely N-dealkylation sites (tertiary alicyclic amines) is 1. The lowest BCUT2D eigenvalue weighted by Crippen LogP contribution is -2.39. The molecule has 0 saturated carbocycles. The van der Waals surface area contributed by atoms with Crippen LogP contribution < -0.4 is 0 Å². The van der Waals surface area contributed by atoms with Gasteiger partial charge >= 0.3 is 0 Å². The van der Waals surface area contributed by atoms with Gasteiger partial charge in [0.1, 0.15) is 5.78 Å². The fourth-order valence-electron chi connectivity index (χ4n) is 2.29. The van der Waals surface area contributed by atoms with Crippen LogP contribution in [0.25, 0.3) is 0 Å². The molecule has 0 bridgehead atoms. The van der Waals surface area contributed by atoms with Gasteiger partial charge in [-0.05, 0) is 6.42 Å². The Labute approximate surface area is 96.2 Å². The Morgan fingerprint density at radius 1 is 1.56 bits per heavy atom. The summed E-state index contributed by atoms with van der Waals surface area (Å²) in [6.07, 6.45) is 5.61. The lowest BCUT2D eigenvalue weighted by molar-refractivity contribution is -0.126. The van der Waals surface area contributed by atoms with Crippen molar-refractivity contribution < 1.29 is 4.79 Å². The van der Waals surface area contributed by atoms with Gasteiger partial charge in [-0.2, -0.15) is 5.10 Å². The highest BCUT2D eigenvalue weighted by Gasteiger charge is 2.25. The van der Waals surface area contributed by atoms with E-state index in [1.807, 2.05) is 24.1 Å².